The van der Waals surface area contributed by atoms with Gasteiger partial charge in [-0.3, -0.25) is 19.2 Å². The summed E-state index contributed by atoms with van der Waals surface area (Å²) in [4.78, 5) is 72.8. The van der Waals surface area contributed by atoms with Gasteiger partial charge in [0.1, 0.15) is 63.7 Å². The van der Waals surface area contributed by atoms with Gasteiger partial charge in [-0.1, -0.05) is 56.0 Å². The second-order valence-electron chi connectivity index (χ2n) is 14.3. The maximum absolute atomic E-state index is 12.5. The summed E-state index contributed by atoms with van der Waals surface area (Å²) in [5, 5.41) is 20.8. The Bertz CT molecular complexity index is 1170. The van der Waals surface area contributed by atoms with Crippen molar-refractivity contribution in [3.8, 4) is 0 Å². The number of hydrogen-bond acceptors (Lipinski definition) is 22. The molecule has 2 heterocycles. The number of aliphatic hydroxyl groups is 2. The minimum atomic E-state index is -1.56. The highest BCUT2D eigenvalue weighted by molar-refractivity contribution is 8.77. The van der Waals surface area contributed by atoms with Crippen molar-refractivity contribution in [1.29, 1.82) is 0 Å². The predicted octanol–water partition coefficient (Wildman–Crippen LogP) is 4.92. The molecular formula is C38H62O18S4. The molecule has 2 aliphatic rings. The Kier molecular flexibility index (Phi) is 29.0. The van der Waals surface area contributed by atoms with Crippen LogP contribution in [-0.2, 0) is 66.5 Å². The highest BCUT2D eigenvalue weighted by Gasteiger charge is 2.37. The van der Waals surface area contributed by atoms with Crippen molar-refractivity contribution in [2.75, 3.05) is 104 Å². The topological polar surface area (TPSA) is 235 Å². The molecule has 18 nitrogen and oxygen atoms in total. The van der Waals surface area contributed by atoms with Gasteiger partial charge in [-0.05, 0) is 52.4 Å². The molecule has 0 aliphatic carbocycles. The van der Waals surface area contributed by atoms with Gasteiger partial charge in [0.25, 0.3) is 0 Å². The molecule has 0 radical (unpaired) electrons. The van der Waals surface area contributed by atoms with Crippen LogP contribution in [0.15, 0.2) is 0 Å². The molecule has 2 N–H and O–H groups in total. The van der Waals surface area contributed by atoms with Crippen LogP contribution in [0.3, 0.4) is 0 Å². The number of ether oxygens (including phenoxy) is 10. The molecule has 0 spiro atoms. The fourth-order valence-electron chi connectivity index (χ4n) is 5.03. The Morgan fingerprint density at radius 3 is 1.23 bits per heavy atom. The summed E-state index contributed by atoms with van der Waals surface area (Å²) >= 11 is 0. The van der Waals surface area contributed by atoms with Gasteiger partial charge < -0.3 is 57.6 Å². The number of aliphatic hydroxyl groups excluding tert-OH is 2. The maximum Gasteiger partial charge on any atom is 0.508 e. The molecule has 2 rings (SSSR count). The van der Waals surface area contributed by atoms with Gasteiger partial charge in [0, 0.05) is 34.8 Å². The summed E-state index contributed by atoms with van der Waals surface area (Å²) < 4.78 is 50.7. The number of carbonyl (C=O) groups is 6. The van der Waals surface area contributed by atoms with Crippen LogP contribution < -0.4 is 0 Å². The highest BCUT2D eigenvalue weighted by Crippen LogP contribution is 2.40. The van der Waals surface area contributed by atoms with E-state index < -0.39 is 61.5 Å². The van der Waals surface area contributed by atoms with Crippen molar-refractivity contribution in [3.05, 3.63) is 0 Å². The molecular weight excluding hydrogens is 873 g/mol. The first-order chi connectivity index (χ1) is 28.9. The summed E-state index contributed by atoms with van der Waals surface area (Å²) in [5.41, 5.74) is -3.12. The lowest BCUT2D eigenvalue weighted by Crippen LogP contribution is -2.39. The Labute approximate surface area is 367 Å². The molecule has 4 unspecified atom stereocenters. The first kappa shape index (κ1) is 53.8. The van der Waals surface area contributed by atoms with Crippen LogP contribution in [-0.4, -0.2) is 161 Å². The van der Waals surface area contributed by atoms with E-state index in [1.165, 1.54) is 38.2 Å². The third-order valence-corrected chi connectivity index (χ3v) is 14.9. The molecule has 0 bridgehead atoms. The smallest absolute Gasteiger partial charge is 0.462 e. The normalized spacial score (nSPS) is 18.1. The number of esters is 4. The SMILES string of the molecule is CC(CO)(COC(=O)OCCOCCOCCOC(=O)OCC(C)(CO)C(=O)OCCOC(=O)CCCCC1CCSS1)C(=O)OCCOC(=O)CCCCC1CCSS1. The Morgan fingerprint density at radius 1 is 0.500 bits per heavy atom. The number of unbranched alkanes of at least 4 members (excludes halogenated alkanes) is 2. The molecule has 2 fully saturated rings. The van der Waals surface area contributed by atoms with Crippen LogP contribution in [0.2, 0.25) is 0 Å². The van der Waals surface area contributed by atoms with Crippen LogP contribution in [0.1, 0.15) is 78.1 Å². The zero-order valence-electron chi connectivity index (χ0n) is 34.6. The zero-order valence-corrected chi connectivity index (χ0v) is 37.9. The monoisotopic (exact) mass is 934 g/mol. The predicted molar refractivity (Wildman–Crippen MR) is 224 cm³/mol. The lowest BCUT2D eigenvalue weighted by atomic mass is 9.93. The number of hydrogen-bond donors (Lipinski definition) is 2. The highest BCUT2D eigenvalue weighted by atomic mass is 33.1. The van der Waals surface area contributed by atoms with Crippen molar-refractivity contribution < 1.29 is 86.3 Å². The lowest BCUT2D eigenvalue weighted by Gasteiger charge is -2.24. The third-order valence-electron chi connectivity index (χ3n) is 8.90. The lowest BCUT2D eigenvalue weighted by molar-refractivity contribution is -0.165. The Balaban J connectivity index is 1.42. The van der Waals surface area contributed by atoms with E-state index in [-0.39, 0.29) is 78.0 Å². The van der Waals surface area contributed by atoms with E-state index in [0.717, 1.165) is 38.5 Å². The van der Waals surface area contributed by atoms with Gasteiger partial charge in [0.05, 0.1) is 39.6 Å². The standard InChI is InChI=1S/C38H62O18S4/c1-37(25-39,33(43)51-21-19-49-31(41)9-5-3-7-29-11-23-57-59-29)27-55-35(45)53-17-15-47-13-14-48-16-18-54-36(46)56-28-38(2,26-40)34(44)52-22-20-50-32(42)10-6-4-8-30-12-24-58-60-30/h29-30,39-40H,3-28H2,1-2H3. The minimum absolute atomic E-state index is 0.00549. The van der Waals surface area contributed by atoms with Gasteiger partial charge in [0.2, 0.25) is 0 Å². The van der Waals surface area contributed by atoms with E-state index in [1.807, 2.05) is 43.2 Å². The van der Waals surface area contributed by atoms with Crippen molar-refractivity contribution in [1.82, 2.24) is 0 Å². The molecule has 2 saturated heterocycles. The number of carbonyl (C=O) groups excluding carboxylic acids is 6. The van der Waals surface area contributed by atoms with Crippen LogP contribution in [0.5, 0.6) is 0 Å². The average molecular weight is 935 g/mol. The van der Waals surface area contributed by atoms with E-state index in [9.17, 15) is 39.0 Å². The molecule has 2 aliphatic heterocycles. The molecule has 346 valence electrons. The van der Waals surface area contributed by atoms with E-state index in [1.54, 1.807) is 0 Å². The molecule has 4 atom stereocenters. The molecule has 0 amide bonds. The van der Waals surface area contributed by atoms with Crippen molar-refractivity contribution in [3.63, 3.8) is 0 Å². The zero-order chi connectivity index (χ0) is 43.9. The van der Waals surface area contributed by atoms with Crippen LogP contribution in [0.25, 0.3) is 0 Å². The van der Waals surface area contributed by atoms with E-state index in [2.05, 4.69) is 0 Å². The molecule has 0 saturated carbocycles. The van der Waals surface area contributed by atoms with E-state index in [4.69, 9.17) is 47.4 Å². The van der Waals surface area contributed by atoms with Gasteiger partial charge in [0.15, 0.2) is 0 Å². The third kappa shape index (κ3) is 24.3. The van der Waals surface area contributed by atoms with E-state index >= 15 is 0 Å². The second-order valence-corrected chi connectivity index (χ2v) is 19.9. The summed E-state index contributed by atoms with van der Waals surface area (Å²) in [7, 11) is 7.58. The summed E-state index contributed by atoms with van der Waals surface area (Å²) in [6.07, 6.45) is 6.32. The first-order valence-electron chi connectivity index (χ1n) is 20.1. The summed E-state index contributed by atoms with van der Waals surface area (Å²) in [5.74, 6) is -0.0727. The van der Waals surface area contributed by atoms with Crippen LogP contribution in [0, 0.1) is 10.8 Å². The maximum atomic E-state index is 12.5. The van der Waals surface area contributed by atoms with Gasteiger partial charge >= 0.3 is 36.2 Å². The first-order valence-corrected chi connectivity index (χ1v) is 24.9. The van der Waals surface area contributed by atoms with Crippen molar-refractivity contribution in [2.24, 2.45) is 10.8 Å². The largest absolute Gasteiger partial charge is 0.508 e. The number of rotatable bonds is 33. The second kappa shape index (κ2) is 32.4. The summed E-state index contributed by atoms with van der Waals surface area (Å²) in [6, 6.07) is 0. The molecule has 0 aromatic heterocycles. The fraction of sp³-hybridized carbons (Fsp3) is 0.842. The summed E-state index contributed by atoms with van der Waals surface area (Å²) in [6.45, 7) is -0.512. The fourth-order valence-corrected chi connectivity index (χ4v) is 11.1. The Morgan fingerprint density at radius 2 is 0.867 bits per heavy atom. The van der Waals surface area contributed by atoms with Crippen LogP contribution in [0.4, 0.5) is 9.59 Å². The molecule has 22 heteroatoms. The van der Waals surface area contributed by atoms with Gasteiger partial charge in [-0.2, -0.15) is 0 Å². The van der Waals surface area contributed by atoms with Gasteiger partial charge in [-0.15, -0.1) is 0 Å². The minimum Gasteiger partial charge on any atom is -0.462 e. The van der Waals surface area contributed by atoms with Crippen molar-refractivity contribution >= 4 is 79.4 Å². The molecule has 0 aromatic carbocycles. The Hall–Kier alpha value is -2.34. The van der Waals surface area contributed by atoms with Gasteiger partial charge in [-0.25, -0.2) is 9.59 Å². The average Bonchev–Trinajstić information content (AvgIpc) is 3.98. The molecule has 60 heavy (non-hydrogen) atoms. The molecule has 0 aromatic rings. The van der Waals surface area contributed by atoms with Crippen LogP contribution >= 0.6 is 43.2 Å². The van der Waals surface area contributed by atoms with Crippen molar-refractivity contribution in [2.45, 2.75) is 88.6 Å². The quantitative estimate of drug-likeness (QED) is 0.0384. The van der Waals surface area contributed by atoms with E-state index in [0.29, 0.717) is 23.3 Å².